The number of benzene rings is 1. The normalized spacial score (nSPS) is 18.6. The van der Waals surface area contributed by atoms with Gasteiger partial charge < -0.3 is 19.0 Å². The van der Waals surface area contributed by atoms with Gasteiger partial charge in [-0.1, -0.05) is 11.6 Å². The summed E-state index contributed by atoms with van der Waals surface area (Å²) >= 11 is 6.19. The van der Waals surface area contributed by atoms with Crippen molar-refractivity contribution in [2.24, 2.45) is 0 Å². The largest absolute Gasteiger partial charge is 0.497 e. The van der Waals surface area contributed by atoms with Gasteiger partial charge in [0, 0.05) is 27.5 Å². The summed E-state index contributed by atoms with van der Waals surface area (Å²) in [6, 6.07) is 4.41. The topological polar surface area (TPSA) is 77.6 Å². The highest BCUT2D eigenvalue weighted by Gasteiger charge is 2.52. The van der Waals surface area contributed by atoms with Crippen LogP contribution in [0.15, 0.2) is 23.0 Å². The maximum absolute atomic E-state index is 12.4. The molecular weight excluding hydrogens is 344 g/mol. The Morgan fingerprint density at radius 3 is 2.32 bits per heavy atom. The van der Waals surface area contributed by atoms with Crippen molar-refractivity contribution in [1.29, 1.82) is 0 Å². The summed E-state index contributed by atoms with van der Waals surface area (Å²) in [7, 11) is 0.525. The third kappa shape index (κ3) is 2.96. The van der Waals surface area contributed by atoms with Gasteiger partial charge in [0.25, 0.3) is 0 Å². The molecule has 1 fully saturated rings. The molecule has 0 unspecified atom stereocenters. The van der Waals surface area contributed by atoms with E-state index < -0.39 is 24.3 Å². The van der Waals surface area contributed by atoms with Crippen LogP contribution in [0, 0.1) is 0 Å². The number of carbonyl (C=O) groups is 1. The number of fused-ring (bicyclic) bond motifs is 1. The smallest absolute Gasteiger partial charge is 0.464 e. The Bertz CT molecular complexity index is 905. The van der Waals surface area contributed by atoms with E-state index in [1.165, 1.54) is 13.2 Å². The van der Waals surface area contributed by atoms with Crippen molar-refractivity contribution < 1.29 is 18.8 Å². The monoisotopic (exact) mass is 363 g/mol. The Labute approximate surface area is 150 Å². The summed E-state index contributed by atoms with van der Waals surface area (Å²) in [6.45, 7) is 7.73. The second-order valence-corrected chi connectivity index (χ2v) is 7.48. The zero-order valence-corrected chi connectivity index (χ0v) is 15.5. The van der Waals surface area contributed by atoms with Crippen LogP contribution >= 0.6 is 11.6 Å². The fraction of sp³-hybridized carbons (Fsp3) is 0.412. The van der Waals surface area contributed by atoms with E-state index in [1.807, 2.05) is 27.7 Å². The van der Waals surface area contributed by atoms with Crippen molar-refractivity contribution in [3.8, 4) is 0 Å². The van der Waals surface area contributed by atoms with Gasteiger partial charge in [-0.15, -0.1) is 0 Å². The first-order valence-electron chi connectivity index (χ1n) is 7.86. The first kappa shape index (κ1) is 18.0. The lowest BCUT2D eigenvalue weighted by atomic mass is 9.77. The summed E-state index contributed by atoms with van der Waals surface area (Å²) in [6.07, 6.45) is 0. The molecule has 3 rings (SSSR count). The minimum absolute atomic E-state index is 0.0556. The van der Waals surface area contributed by atoms with E-state index in [1.54, 1.807) is 12.1 Å². The van der Waals surface area contributed by atoms with E-state index in [4.69, 9.17) is 25.6 Å². The van der Waals surface area contributed by atoms with Crippen LogP contribution in [0.2, 0.25) is 5.02 Å². The standard InChI is InChI=1S/C17H19BClNO5/c1-16(2)17(3,4)25-18(24-16)11-7-9(19)6-10-13(21)8-12(15(22)23-5)20-14(10)11/h6-8H,1-5H3,(H,20,21). The first-order valence-corrected chi connectivity index (χ1v) is 8.24. The number of halogens is 1. The van der Waals surface area contributed by atoms with Crippen molar-refractivity contribution >= 4 is 41.1 Å². The van der Waals surface area contributed by atoms with Gasteiger partial charge in [0.05, 0.1) is 18.3 Å². The molecule has 0 bridgehead atoms. The van der Waals surface area contributed by atoms with Crippen LogP contribution in [0.3, 0.4) is 0 Å². The molecule has 6 nitrogen and oxygen atoms in total. The number of hydrogen-bond acceptors (Lipinski definition) is 5. The number of pyridine rings is 1. The molecule has 8 heteroatoms. The lowest BCUT2D eigenvalue weighted by Gasteiger charge is -2.32. The van der Waals surface area contributed by atoms with Crippen LogP contribution in [0.1, 0.15) is 38.2 Å². The van der Waals surface area contributed by atoms with E-state index in [0.29, 0.717) is 21.4 Å². The molecule has 132 valence electrons. The van der Waals surface area contributed by atoms with E-state index in [-0.39, 0.29) is 11.1 Å². The number of esters is 1. The quantitative estimate of drug-likeness (QED) is 0.654. The van der Waals surface area contributed by atoms with E-state index in [2.05, 4.69) is 4.98 Å². The fourth-order valence-corrected chi connectivity index (χ4v) is 2.94. The Balaban J connectivity index is 2.23. The number of methoxy groups -OCH3 is 1. The number of aromatic nitrogens is 1. The van der Waals surface area contributed by atoms with Crippen LogP contribution in [-0.2, 0) is 14.0 Å². The maximum Gasteiger partial charge on any atom is 0.497 e. The van der Waals surface area contributed by atoms with Gasteiger partial charge in [0.15, 0.2) is 5.43 Å². The lowest BCUT2D eigenvalue weighted by Crippen LogP contribution is -2.41. The zero-order chi connectivity index (χ0) is 18.6. The van der Waals surface area contributed by atoms with Gasteiger partial charge in [-0.3, -0.25) is 4.79 Å². The predicted molar refractivity (Wildman–Crippen MR) is 96.6 cm³/mol. The average molecular weight is 364 g/mol. The molecule has 1 saturated heterocycles. The van der Waals surface area contributed by atoms with Crippen molar-refractivity contribution in [3.05, 3.63) is 39.1 Å². The average Bonchev–Trinajstić information content (AvgIpc) is 2.74. The zero-order valence-electron chi connectivity index (χ0n) is 14.7. The fourth-order valence-electron chi connectivity index (χ4n) is 2.72. The number of rotatable bonds is 2. The molecule has 1 N–H and O–H groups in total. The Morgan fingerprint density at radius 1 is 1.16 bits per heavy atom. The highest BCUT2D eigenvalue weighted by atomic mass is 35.5. The highest BCUT2D eigenvalue weighted by Crippen LogP contribution is 2.37. The number of hydrogen-bond donors (Lipinski definition) is 1. The summed E-state index contributed by atoms with van der Waals surface area (Å²) in [5, 5.41) is 0.735. The molecule has 0 saturated carbocycles. The molecule has 1 aromatic carbocycles. The van der Waals surface area contributed by atoms with Crippen molar-refractivity contribution in [3.63, 3.8) is 0 Å². The molecule has 0 atom stereocenters. The van der Waals surface area contributed by atoms with Gasteiger partial charge in [-0.05, 0) is 39.8 Å². The Kier molecular flexibility index (Phi) is 4.22. The van der Waals surface area contributed by atoms with Crippen molar-refractivity contribution in [1.82, 2.24) is 4.98 Å². The molecule has 2 heterocycles. The van der Waals surface area contributed by atoms with Crippen LogP contribution in [0.5, 0.6) is 0 Å². The third-order valence-corrected chi connectivity index (χ3v) is 5.06. The maximum atomic E-state index is 12.4. The molecule has 1 aromatic heterocycles. The van der Waals surface area contributed by atoms with Crippen molar-refractivity contribution in [2.45, 2.75) is 38.9 Å². The molecule has 1 aliphatic heterocycles. The molecular formula is C17H19BClNO5. The van der Waals surface area contributed by atoms with E-state index in [0.717, 1.165) is 0 Å². The summed E-state index contributed by atoms with van der Waals surface area (Å²) in [4.78, 5) is 27.2. The minimum atomic E-state index is -0.727. The third-order valence-electron chi connectivity index (χ3n) is 4.85. The second-order valence-electron chi connectivity index (χ2n) is 7.04. The molecule has 1 aliphatic rings. The van der Waals surface area contributed by atoms with Crippen LogP contribution in [0.25, 0.3) is 10.9 Å². The minimum Gasteiger partial charge on any atom is -0.464 e. The number of H-pyrrole nitrogens is 1. The second kappa shape index (κ2) is 5.86. The number of carbonyl (C=O) groups excluding carboxylic acids is 1. The predicted octanol–water partition coefficient (Wildman–Crippen LogP) is 2.27. The molecule has 2 aromatic rings. The van der Waals surface area contributed by atoms with Gasteiger partial charge in [-0.2, -0.15) is 0 Å². The van der Waals surface area contributed by atoms with Crippen LogP contribution < -0.4 is 10.9 Å². The van der Waals surface area contributed by atoms with Crippen molar-refractivity contribution in [2.75, 3.05) is 7.11 Å². The molecule has 0 radical (unpaired) electrons. The SMILES string of the molecule is COC(=O)c1cc(=O)c2cc(Cl)cc(B3OC(C)(C)C(C)(C)O3)c2[nH]1. The van der Waals surface area contributed by atoms with Gasteiger partial charge in [0.1, 0.15) is 5.69 Å². The summed E-state index contributed by atoms with van der Waals surface area (Å²) in [5.41, 5.74) is -0.381. The first-order chi connectivity index (χ1) is 11.6. The molecule has 0 amide bonds. The van der Waals surface area contributed by atoms with Crippen LogP contribution in [0.4, 0.5) is 0 Å². The number of aromatic amines is 1. The molecule has 25 heavy (non-hydrogen) atoms. The van der Waals surface area contributed by atoms with Crippen LogP contribution in [-0.4, -0.2) is 36.4 Å². The van der Waals surface area contributed by atoms with E-state index in [9.17, 15) is 9.59 Å². The van der Waals surface area contributed by atoms with Gasteiger partial charge >= 0.3 is 13.1 Å². The van der Waals surface area contributed by atoms with Gasteiger partial charge in [0.2, 0.25) is 0 Å². The highest BCUT2D eigenvalue weighted by molar-refractivity contribution is 6.65. The number of ether oxygens (including phenoxy) is 1. The van der Waals surface area contributed by atoms with E-state index >= 15 is 0 Å². The summed E-state index contributed by atoms with van der Waals surface area (Å²) < 4.78 is 16.8. The summed E-state index contributed by atoms with van der Waals surface area (Å²) in [5.74, 6) is -0.631. The molecule has 0 aliphatic carbocycles. The Hall–Kier alpha value is -1.83. The lowest BCUT2D eigenvalue weighted by molar-refractivity contribution is 0.00578. The molecule has 0 spiro atoms. The van der Waals surface area contributed by atoms with Gasteiger partial charge in [-0.25, -0.2) is 4.79 Å². The Morgan fingerprint density at radius 2 is 1.76 bits per heavy atom. The number of nitrogens with one attached hydrogen (secondary N) is 1.